The molecule has 2 unspecified atom stereocenters. The first-order valence-electron chi connectivity index (χ1n) is 40.0. The Bertz CT molecular complexity index is 5100. The summed E-state index contributed by atoms with van der Waals surface area (Å²) in [6.45, 7) is 22.1. The van der Waals surface area contributed by atoms with E-state index in [2.05, 4.69) is 78.0 Å². The molecule has 8 aliphatic rings. The zero-order chi connectivity index (χ0) is 85.4. The van der Waals surface area contributed by atoms with Crippen molar-refractivity contribution in [2.45, 2.75) is 182 Å². The highest BCUT2D eigenvalue weighted by molar-refractivity contribution is 5.91. The Hall–Kier alpha value is -10.6. The maximum atomic E-state index is 13.9. The second-order valence-electron chi connectivity index (χ2n) is 35.3. The monoisotopic (exact) mass is 1640 g/mol. The molecule has 632 valence electrons. The lowest BCUT2D eigenvalue weighted by atomic mass is 9.51. The number of carbonyl (C=O) groups excluding carboxylic acids is 7. The number of fused-ring (bicyclic) bond motifs is 4. The van der Waals surface area contributed by atoms with Crippen molar-refractivity contribution in [1.82, 2.24) is 96.8 Å². The predicted molar refractivity (Wildman–Crippen MR) is 431 cm³/mol. The van der Waals surface area contributed by atoms with Crippen molar-refractivity contribution in [2.75, 3.05) is 61.4 Å². The summed E-state index contributed by atoms with van der Waals surface area (Å²) < 4.78 is 86.6. The number of aromatic nitrogens is 8. The average Bonchev–Trinajstić information content (AvgIpc) is 1.00. The summed E-state index contributed by atoms with van der Waals surface area (Å²) >= 11 is 0. The Balaban J connectivity index is 0.000000145. The van der Waals surface area contributed by atoms with Crippen LogP contribution in [0.3, 0.4) is 0 Å². The molecule has 7 amide bonds. The van der Waals surface area contributed by atoms with Gasteiger partial charge >= 0.3 is 24.1 Å². The number of rotatable bonds is 11. The zero-order valence-corrected chi connectivity index (χ0v) is 69.2. The number of nitrogens with one attached hydrogen (secondary N) is 9. The van der Waals surface area contributed by atoms with E-state index in [9.17, 15) is 65.0 Å². The second kappa shape index (κ2) is 34.8. The van der Waals surface area contributed by atoms with Crippen LogP contribution in [0.1, 0.15) is 146 Å². The molecule has 0 saturated heterocycles. The summed E-state index contributed by atoms with van der Waals surface area (Å²) in [6.07, 6.45) is 7.71. The van der Waals surface area contributed by atoms with Crippen LogP contribution in [0, 0.1) is 63.0 Å². The summed E-state index contributed by atoms with van der Waals surface area (Å²) in [6, 6.07) is 15.5. The molecule has 118 heavy (non-hydrogen) atoms. The fraction of sp³-hybridized carbons (Fsp3) is 0.494. The van der Waals surface area contributed by atoms with Crippen molar-refractivity contribution in [1.29, 1.82) is 0 Å². The van der Waals surface area contributed by atoms with E-state index in [1.54, 1.807) is 38.4 Å². The lowest BCUT2D eigenvalue weighted by molar-refractivity contribution is -0.139. The number of amides is 7. The molecular weight excluding hydrogens is 1530 g/mol. The molecule has 4 saturated carbocycles. The fourth-order valence-corrected chi connectivity index (χ4v) is 17.6. The van der Waals surface area contributed by atoms with Crippen molar-refractivity contribution in [2.24, 2.45) is 28.1 Å². The molecule has 4 aromatic carbocycles. The quantitative estimate of drug-likeness (QED) is 0.0538. The van der Waals surface area contributed by atoms with E-state index in [4.69, 9.17) is 0 Å². The van der Waals surface area contributed by atoms with Crippen LogP contribution in [-0.2, 0) is 66.2 Å². The Morgan fingerprint density at radius 3 is 1.10 bits per heavy atom. The SMILES string of the molecule is CN1CCc2c(c(-c3ccc(F)c(F)c3)nn2C(=O)NC23C[C@@H]4C[C@@H](CC(O)(C4)C2)C3)C1.CNC(=O)[C@@H](NC(=O)n1nc(-c2ccc(F)c(F)c2)c2c1CCNC2)C(C)(C)C.CNC(=O)[C@@H](NC(=O)n1nc(-c2ccc(F)cc2)c2c1CCN(C)C2)C(C)(C)C.CNC(=O)[C@@H](NC(=O)n1nc(-c2ccc(F)cc2)c2c1CCNC2)C(C)(C)C. The van der Waals surface area contributed by atoms with Crippen LogP contribution in [0.2, 0.25) is 0 Å². The summed E-state index contributed by atoms with van der Waals surface area (Å²) in [4.78, 5) is 93.8. The smallest absolute Gasteiger partial charge is 0.343 e. The average molecular weight is 1640 g/mol. The van der Waals surface area contributed by atoms with Crippen LogP contribution >= 0.6 is 0 Å². The predicted octanol–water partition coefficient (Wildman–Crippen LogP) is 10.1. The Labute approximate surface area is 682 Å². The van der Waals surface area contributed by atoms with Gasteiger partial charge < -0.3 is 62.8 Å². The van der Waals surface area contributed by atoms with Gasteiger partial charge in [0.1, 0.15) is 29.8 Å². The van der Waals surface area contributed by atoms with Crippen LogP contribution < -0.4 is 47.9 Å². The van der Waals surface area contributed by atoms with Gasteiger partial charge in [-0.25, -0.2) is 45.5 Å². The van der Waals surface area contributed by atoms with Crippen LogP contribution in [-0.4, -0.2) is 187 Å². The van der Waals surface area contributed by atoms with E-state index in [1.807, 2.05) is 76.4 Å². The van der Waals surface area contributed by atoms with Gasteiger partial charge in [0.15, 0.2) is 23.3 Å². The number of hydrogen-bond acceptors (Lipinski definition) is 16. The normalized spacial score (nSPS) is 20.0. The molecule has 4 fully saturated rings. The third-order valence-corrected chi connectivity index (χ3v) is 23.1. The van der Waals surface area contributed by atoms with Gasteiger partial charge in [-0.3, -0.25) is 14.4 Å². The number of benzene rings is 4. The van der Waals surface area contributed by atoms with Crippen LogP contribution in [0.25, 0.3) is 45.0 Å². The number of aliphatic hydroxyl groups is 1. The first-order valence-corrected chi connectivity index (χ1v) is 40.0. The third-order valence-electron chi connectivity index (χ3n) is 23.1. The summed E-state index contributed by atoms with van der Waals surface area (Å²) in [5, 5.41) is 55.1. The highest BCUT2D eigenvalue weighted by Crippen LogP contribution is 2.57. The molecule has 16 rings (SSSR count). The van der Waals surface area contributed by atoms with Crippen LogP contribution in [0.4, 0.5) is 45.5 Å². The molecular formula is C85H107F6N19O8. The largest absolute Gasteiger partial charge is 0.390 e. The molecule has 4 aliphatic carbocycles. The molecule has 4 bridgehead atoms. The second-order valence-corrected chi connectivity index (χ2v) is 35.3. The van der Waals surface area contributed by atoms with Crippen molar-refractivity contribution in [3.63, 3.8) is 0 Å². The third kappa shape index (κ3) is 18.9. The molecule has 0 radical (unpaired) electrons. The van der Waals surface area contributed by atoms with Crippen LogP contribution in [0.5, 0.6) is 0 Å². The highest BCUT2D eigenvalue weighted by atomic mass is 19.2. The zero-order valence-electron chi connectivity index (χ0n) is 69.2. The van der Waals surface area contributed by atoms with Gasteiger partial charge in [0.2, 0.25) is 17.7 Å². The van der Waals surface area contributed by atoms with E-state index in [0.29, 0.717) is 116 Å². The molecule has 33 heteroatoms. The van der Waals surface area contributed by atoms with Gasteiger partial charge in [0, 0.05) is 149 Å². The van der Waals surface area contributed by atoms with E-state index < -0.39 is 81.3 Å². The number of likely N-dealkylation sites (N-methyl/N-ethyl adjacent to an activating group) is 5. The topological polar surface area (TPSA) is 326 Å². The first-order chi connectivity index (χ1) is 55.7. The van der Waals surface area contributed by atoms with Gasteiger partial charge in [-0.05, 0) is 166 Å². The minimum absolute atomic E-state index is 0.259. The lowest BCUT2D eigenvalue weighted by Crippen LogP contribution is -2.66. The molecule has 8 aromatic rings. The molecule has 8 heterocycles. The number of carbonyl (C=O) groups is 7. The Morgan fingerprint density at radius 2 is 0.763 bits per heavy atom. The van der Waals surface area contributed by atoms with Crippen molar-refractivity contribution in [3.05, 3.63) is 165 Å². The molecule has 4 aromatic heterocycles. The van der Waals surface area contributed by atoms with Gasteiger partial charge in [0.25, 0.3) is 0 Å². The molecule has 0 spiro atoms. The fourth-order valence-electron chi connectivity index (χ4n) is 17.6. The van der Waals surface area contributed by atoms with E-state index in [-0.39, 0.29) is 40.9 Å². The minimum Gasteiger partial charge on any atom is -0.390 e. The number of hydrogen-bond donors (Lipinski definition) is 10. The van der Waals surface area contributed by atoms with Crippen molar-refractivity contribution in [3.8, 4) is 45.0 Å². The van der Waals surface area contributed by atoms with Gasteiger partial charge in [-0.1, -0.05) is 62.3 Å². The maximum absolute atomic E-state index is 13.9. The summed E-state index contributed by atoms with van der Waals surface area (Å²) in [7, 11) is 8.60. The number of halogens is 6. The minimum atomic E-state index is -0.980. The van der Waals surface area contributed by atoms with Gasteiger partial charge in [0.05, 0.1) is 51.2 Å². The van der Waals surface area contributed by atoms with E-state index in [1.165, 1.54) is 62.2 Å². The molecule has 7 atom stereocenters. The summed E-state index contributed by atoms with van der Waals surface area (Å²) in [5.41, 5.74) is 8.70. The van der Waals surface area contributed by atoms with E-state index >= 15 is 0 Å². The van der Waals surface area contributed by atoms with Gasteiger partial charge in [-0.15, -0.1) is 0 Å². The van der Waals surface area contributed by atoms with Crippen LogP contribution in [0.15, 0.2) is 84.9 Å². The van der Waals surface area contributed by atoms with Gasteiger partial charge in [-0.2, -0.15) is 39.1 Å². The van der Waals surface area contributed by atoms with Crippen molar-refractivity contribution >= 4 is 41.8 Å². The van der Waals surface area contributed by atoms with Crippen molar-refractivity contribution < 1.29 is 65.0 Å². The Kier molecular flexibility index (Phi) is 25.5. The lowest BCUT2D eigenvalue weighted by Gasteiger charge is -2.60. The van der Waals surface area contributed by atoms with E-state index in [0.717, 1.165) is 126 Å². The first kappa shape index (κ1) is 86.7. The number of nitrogens with zero attached hydrogens (tertiary/aromatic N) is 10. The Morgan fingerprint density at radius 1 is 0.441 bits per heavy atom. The highest BCUT2D eigenvalue weighted by Gasteiger charge is 2.58. The summed E-state index contributed by atoms with van der Waals surface area (Å²) in [5.74, 6) is -4.33. The molecule has 4 aliphatic heterocycles. The standard InChI is InChI=1S/C24H28F2N4O2.C21H28FN5O2.C20H25F2N5O2.C20H26FN5O2/c1-29-5-4-20-17(12-29)21(16-2-3-18(25)19(26)7-16)28-30(20)22(31)27-23-8-14-6-15(9-23)11-24(32,10-14)13-23;1-21(2,3)18(19(28)23-4)24-20(29)27-16-10-11-26(5)12-15(16)17(25-27)13-6-8-14(22)9-7-13;1-20(2,3)17(18(28)23-4)25-19(29)27-15-7-8-24-10-12(15)16(26-27)11-5-6-13(21)14(22)9-11;1-20(2,3)17(18(27)22-4)24-19(28)26-15-9-10-23-11-14(15)16(25-26)12-5-7-13(21)8-6-12/h2-3,7,14-15,32H,4-6,8-13H2,1H3,(H,27,31);6-9,18H,10-12H2,1-5H3,(H,23,28)(H,24,29);5-6,9,17,24H,7-8,10H2,1-4H3,(H,23,28)(H,25,29);5-8,17,23H,9-11H2,1-4H3,(H,22,27)(H,24,28)/t14-,15+,23?,24?;18-;2*17-/m.111/s1. The molecule has 27 nitrogen and oxygen atoms in total. The maximum Gasteiger partial charge on any atom is 0.343 e. The molecule has 10 N–H and O–H groups in total.